The largest absolute Gasteiger partial charge is 0.396 e. The number of rotatable bonds is 3. The first kappa shape index (κ1) is 19.5. The second-order valence-corrected chi connectivity index (χ2v) is 6.20. The number of hydrazine groups is 1. The highest BCUT2D eigenvalue weighted by atomic mass is 35.5. The van der Waals surface area contributed by atoms with Gasteiger partial charge >= 0.3 is 0 Å². The molecule has 6 nitrogen and oxygen atoms in total. The molecule has 0 aliphatic rings. The minimum absolute atomic E-state index is 0.0346. The molecule has 5 N–H and O–H groups in total. The van der Waals surface area contributed by atoms with Crippen molar-refractivity contribution in [1.29, 1.82) is 0 Å². The third-order valence-corrected chi connectivity index (χ3v) is 4.32. The summed E-state index contributed by atoms with van der Waals surface area (Å²) in [5.41, 5.74) is 11.0. The monoisotopic (exact) mass is 421 g/mol. The van der Waals surface area contributed by atoms with Gasteiger partial charge in [-0.2, -0.15) is 0 Å². The van der Waals surface area contributed by atoms with Gasteiger partial charge in [-0.3, -0.25) is 15.6 Å². The van der Waals surface area contributed by atoms with E-state index in [0.29, 0.717) is 6.54 Å². The first-order valence-corrected chi connectivity index (χ1v) is 8.22. The number of nitrogens with two attached hydrogens (primary N) is 1. The summed E-state index contributed by atoms with van der Waals surface area (Å²) in [6.45, 7) is 0.334. The molecule has 0 saturated heterocycles. The van der Waals surface area contributed by atoms with Gasteiger partial charge < -0.3 is 11.1 Å². The maximum atomic E-state index is 12.8. The van der Waals surface area contributed by atoms with Crippen molar-refractivity contribution in [1.82, 2.24) is 21.2 Å². The number of nitrogen functional groups attached to an aromatic ring is 1. The van der Waals surface area contributed by atoms with Crippen LogP contribution in [-0.4, -0.2) is 16.0 Å². The van der Waals surface area contributed by atoms with Gasteiger partial charge in [0.15, 0.2) is 16.0 Å². The second-order valence-electron chi connectivity index (χ2n) is 4.68. The summed E-state index contributed by atoms with van der Waals surface area (Å²) in [6, 6.07) is 5.87. The molecule has 11 heteroatoms. The van der Waals surface area contributed by atoms with E-state index in [-0.39, 0.29) is 37.5 Å². The Labute approximate surface area is 162 Å². The van der Waals surface area contributed by atoms with Crippen molar-refractivity contribution < 1.29 is 9.18 Å². The number of benzene rings is 1. The summed E-state index contributed by atoms with van der Waals surface area (Å²) < 4.78 is 12.8. The van der Waals surface area contributed by atoms with Crippen LogP contribution in [0.25, 0.3) is 0 Å². The van der Waals surface area contributed by atoms with Crippen LogP contribution in [0.5, 0.6) is 0 Å². The smallest absolute Gasteiger partial charge is 0.289 e. The average Bonchev–Trinajstić information content (AvgIpc) is 2.60. The Hall–Kier alpha value is -1.87. The van der Waals surface area contributed by atoms with Crippen LogP contribution in [-0.2, 0) is 6.54 Å². The molecule has 0 aliphatic heterocycles. The van der Waals surface area contributed by atoms with Gasteiger partial charge in [0.25, 0.3) is 5.91 Å². The Morgan fingerprint density at radius 3 is 2.44 bits per heavy atom. The van der Waals surface area contributed by atoms with E-state index < -0.39 is 5.91 Å². The third-order valence-electron chi connectivity index (χ3n) is 2.94. The van der Waals surface area contributed by atoms with Gasteiger partial charge in [-0.25, -0.2) is 9.37 Å². The summed E-state index contributed by atoms with van der Waals surface area (Å²) in [5, 5.41) is 2.65. The van der Waals surface area contributed by atoms with Gasteiger partial charge in [0.05, 0.1) is 10.7 Å². The fourth-order valence-corrected chi connectivity index (χ4v) is 2.40. The van der Waals surface area contributed by atoms with Gasteiger partial charge in [-0.1, -0.05) is 46.9 Å². The van der Waals surface area contributed by atoms with E-state index in [2.05, 4.69) is 21.2 Å². The molecule has 0 fully saturated rings. The van der Waals surface area contributed by atoms with Crippen molar-refractivity contribution in [2.24, 2.45) is 0 Å². The molecule has 0 bridgehead atoms. The van der Waals surface area contributed by atoms with Crippen molar-refractivity contribution >= 4 is 63.7 Å². The summed E-state index contributed by atoms with van der Waals surface area (Å²) in [7, 11) is 0. The summed E-state index contributed by atoms with van der Waals surface area (Å²) in [5.74, 6) is -1.04. The molecule has 0 spiro atoms. The summed E-state index contributed by atoms with van der Waals surface area (Å²) >= 11 is 22.5. The zero-order valence-corrected chi connectivity index (χ0v) is 15.5. The van der Waals surface area contributed by atoms with Gasteiger partial charge in [0.1, 0.15) is 10.8 Å². The van der Waals surface area contributed by atoms with Gasteiger partial charge in [0, 0.05) is 6.54 Å². The normalized spacial score (nSPS) is 10.2. The van der Waals surface area contributed by atoms with Gasteiger partial charge in [-0.05, 0) is 29.9 Å². The van der Waals surface area contributed by atoms with Crippen LogP contribution in [0, 0.1) is 5.82 Å². The number of hydrogen-bond donors (Lipinski definition) is 4. The second kappa shape index (κ2) is 8.48. The predicted octanol–water partition coefficient (Wildman–Crippen LogP) is 3.07. The average molecular weight is 423 g/mol. The molecule has 0 radical (unpaired) electrons. The lowest BCUT2D eigenvalue weighted by molar-refractivity contribution is 0.0939. The molecule has 132 valence electrons. The molecular formula is C14H11Cl3FN5OS. The van der Waals surface area contributed by atoms with Crippen molar-refractivity contribution in [2.45, 2.75) is 6.54 Å². The lowest BCUT2D eigenvalue weighted by Crippen LogP contribution is -2.46. The molecule has 1 heterocycles. The topological polar surface area (TPSA) is 92.1 Å². The quantitative estimate of drug-likeness (QED) is 0.345. The first-order chi connectivity index (χ1) is 11.8. The molecule has 0 saturated carbocycles. The lowest BCUT2D eigenvalue weighted by Gasteiger charge is -2.13. The molecule has 0 atom stereocenters. The van der Waals surface area contributed by atoms with Gasteiger partial charge in [0.2, 0.25) is 0 Å². The number of halogens is 4. The molecular weight excluding hydrogens is 412 g/mol. The number of amides is 1. The maximum Gasteiger partial charge on any atom is 0.289 e. The Balaban J connectivity index is 1.91. The summed E-state index contributed by atoms with van der Waals surface area (Å²) in [6.07, 6.45) is 0. The first-order valence-electron chi connectivity index (χ1n) is 6.68. The number of carbonyl (C=O) groups is 1. The number of nitrogens with one attached hydrogen (secondary N) is 3. The van der Waals surface area contributed by atoms with Crippen LogP contribution < -0.4 is 21.9 Å². The van der Waals surface area contributed by atoms with E-state index in [1.165, 1.54) is 12.1 Å². The number of nitrogens with zero attached hydrogens (tertiary/aromatic N) is 1. The Morgan fingerprint density at radius 2 is 1.80 bits per heavy atom. The highest BCUT2D eigenvalue weighted by molar-refractivity contribution is 7.80. The fourth-order valence-electron chi connectivity index (χ4n) is 1.68. The van der Waals surface area contributed by atoms with E-state index in [0.717, 1.165) is 5.56 Å². The molecule has 1 aromatic heterocycles. The molecule has 1 aromatic carbocycles. The number of thiocarbonyl (C=S) groups is 1. The van der Waals surface area contributed by atoms with E-state index >= 15 is 0 Å². The Kier molecular flexibility index (Phi) is 6.60. The Bertz CT molecular complexity index is 819. The standard InChI is InChI=1S/C14H11Cl3FN5OS/c15-8-10(19)9(16)12(17)21-11(8)13(24)22-23-14(25)20-5-6-1-3-7(18)4-2-6/h1-4H,5H2,(H2,19,21)(H,22,24)(H2,20,23,25). The number of anilines is 1. The predicted molar refractivity (Wildman–Crippen MR) is 100 cm³/mol. The van der Waals surface area contributed by atoms with Crippen LogP contribution in [0.4, 0.5) is 10.1 Å². The Morgan fingerprint density at radius 1 is 1.16 bits per heavy atom. The molecule has 25 heavy (non-hydrogen) atoms. The number of aromatic nitrogens is 1. The molecule has 2 aromatic rings. The highest BCUT2D eigenvalue weighted by Crippen LogP contribution is 2.34. The van der Waals surface area contributed by atoms with E-state index in [4.69, 9.17) is 52.8 Å². The third kappa shape index (κ3) is 5.05. The van der Waals surface area contributed by atoms with E-state index in [1.54, 1.807) is 12.1 Å². The minimum Gasteiger partial charge on any atom is -0.396 e. The minimum atomic E-state index is -0.707. The van der Waals surface area contributed by atoms with Crippen LogP contribution in [0.15, 0.2) is 24.3 Å². The molecule has 2 rings (SSSR count). The maximum absolute atomic E-state index is 12.8. The fraction of sp³-hybridized carbons (Fsp3) is 0.0714. The molecule has 0 unspecified atom stereocenters. The van der Waals surface area contributed by atoms with Crippen molar-refractivity contribution in [2.75, 3.05) is 5.73 Å². The van der Waals surface area contributed by atoms with Crippen molar-refractivity contribution in [3.8, 4) is 0 Å². The SMILES string of the molecule is Nc1c(Cl)c(Cl)nc(C(=O)NNC(=S)NCc2ccc(F)cc2)c1Cl. The van der Waals surface area contributed by atoms with Crippen molar-refractivity contribution in [3.63, 3.8) is 0 Å². The zero-order valence-electron chi connectivity index (χ0n) is 12.4. The number of pyridine rings is 1. The molecule has 1 amide bonds. The van der Waals surface area contributed by atoms with Crippen LogP contribution >= 0.6 is 47.0 Å². The van der Waals surface area contributed by atoms with Crippen LogP contribution in [0.3, 0.4) is 0 Å². The van der Waals surface area contributed by atoms with Crippen LogP contribution in [0.2, 0.25) is 15.2 Å². The van der Waals surface area contributed by atoms with E-state index in [9.17, 15) is 9.18 Å². The molecule has 0 aliphatic carbocycles. The summed E-state index contributed by atoms with van der Waals surface area (Å²) in [4.78, 5) is 15.9. The zero-order chi connectivity index (χ0) is 18.6. The highest BCUT2D eigenvalue weighted by Gasteiger charge is 2.19. The van der Waals surface area contributed by atoms with E-state index in [1.807, 2.05) is 0 Å². The van der Waals surface area contributed by atoms with Gasteiger partial charge in [-0.15, -0.1) is 0 Å². The number of hydrogen-bond acceptors (Lipinski definition) is 4. The van der Waals surface area contributed by atoms with Crippen molar-refractivity contribution in [3.05, 3.63) is 56.5 Å². The lowest BCUT2D eigenvalue weighted by atomic mass is 10.2. The number of carbonyl (C=O) groups excluding carboxylic acids is 1. The van der Waals surface area contributed by atoms with Crippen LogP contribution in [0.1, 0.15) is 16.1 Å².